The Labute approximate surface area is 110 Å². The molecule has 0 radical (unpaired) electrons. The topological polar surface area (TPSA) is 12.0 Å². The van der Waals surface area contributed by atoms with E-state index in [0.29, 0.717) is 12.1 Å². The molecule has 0 spiro atoms. The third-order valence-corrected chi connectivity index (χ3v) is 3.98. The second-order valence-corrected chi connectivity index (χ2v) is 5.47. The van der Waals surface area contributed by atoms with E-state index in [2.05, 4.69) is 31.3 Å². The largest absolute Gasteiger partial charge is 0.307 e. The van der Waals surface area contributed by atoms with Gasteiger partial charge in [0.2, 0.25) is 0 Å². The third-order valence-electron chi connectivity index (χ3n) is 3.73. The number of halogens is 1. The molecule has 0 saturated heterocycles. The van der Waals surface area contributed by atoms with Crippen molar-refractivity contribution in [2.45, 2.75) is 51.6 Å². The molecule has 17 heavy (non-hydrogen) atoms. The van der Waals surface area contributed by atoms with Gasteiger partial charge in [0, 0.05) is 17.1 Å². The van der Waals surface area contributed by atoms with Crippen LogP contribution in [0.5, 0.6) is 0 Å². The summed E-state index contributed by atoms with van der Waals surface area (Å²) < 4.78 is 0. The van der Waals surface area contributed by atoms with Crippen LogP contribution in [0.15, 0.2) is 24.3 Å². The monoisotopic (exact) mass is 251 g/mol. The van der Waals surface area contributed by atoms with Crippen molar-refractivity contribution in [3.05, 3.63) is 34.9 Å². The molecule has 1 N–H and O–H groups in total. The van der Waals surface area contributed by atoms with Crippen molar-refractivity contribution in [3.63, 3.8) is 0 Å². The van der Waals surface area contributed by atoms with Gasteiger partial charge in [0.1, 0.15) is 0 Å². The molecule has 2 atom stereocenters. The molecule has 1 fully saturated rings. The molecule has 1 saturated carbocycles. The van der Waals surface area contributed by atoms with E-state index in [1.807, 2.05) is 12.1 Å². The first kappa shape index (κ1) is 12.9. The number of benzene rings is 1. The van der Waals surface area contributed by atoms with Crippen LogP contribution in [0, 0.1) is 5.92 Å². The summed E-state index contributed by atoms with van der Waals surface area (Å²) in [4.78, 5) is 0. The highest BCUT2D eigenvalue weighted by Crippen LogP contribution is 2.35. The van der Waals surface area contributed by atoms with Gasteiger partial charge in [-0.2, -0.15) is 0 Å². The van der Waals surface area contributed by atoms with Gasteiger partial charge in [-0.05, 0) is 49.3 Å². The summed E-state index contributed by atoms with van der Waals surface area (Å²) in [5.41, 5.74) is 1.36. The first-order chi connectivity index (χ1) is 8.24. The molecule has 2 heteroatoms. The Hall–Kier alpha value is -0.530. The highest BCUT2D eigenvalue weighted by atomic mass is 35.5. The molecule has 2 unspecified atom stereocenters. The van der Waals surface area contributed by atoms with E-state index in [4.69, 9.17) is 11.6 Å². The Morgan fingerprint density at radius 1 is 1.18 bits per heavy atom. The van der Waals surface area contributed by atoms with Crippen LogP contribution in [0.4, 0.5) is 0 Å². The Bertz CT molecular complexity index is 342. The summed E-state index contributed by atoms with van der Waals surface area (Å²) in [5, 5.41) is 4.63. The van der Waals surface area contributed by atoms with Crippen molar-refractivity contribution < 1.29 is 0 Å². The summed E-state index contributed by atoms with van der Waals surface area (Å²) in [5.74, 6) is 0.918. The molecule has 0 heterocycles. The van der Waals surface area contributed by atoms with Gasteiger partial charge in [-0.1, -0.05) is 37.6 Å². The highest BCUT2D eigenvalue weighted by molar-refractivity contribution is 6.30. The van der Waals surface area contributed by atoms with E-state index in [1.54, 1.807) is 0 Å². The zero-order valence-corrected chi connectivity index (χ0v) is 11.5. The second-order valence-electron chi connectivity index (χ2n) is 5.03. The second kappa shape index (κ2) is 5.88. The molecular weight excluding hydrogens is 230 g/mol. The normalized spacial score (nSPS) is 19.0. The van der Waals surface area contributed by atoms with E-state index in [1.165, 1.54) is 24.8 Å². The molecule has 0 amide bonds. The quantitative estimate of drug-likeness (QED) is 0.781. The maximum Gasteiger partial charge on any atom is 0.0406 e. The van der Waals surface area contributed by atoms with Crippen molar-refractivity contribution in [2.75, 3.05) is 0 Å². The summed E-state index contributed by atoms with van der Waals surface area (Å²) >= 11 is 5.93. The van der Waals surface area contributed by atoms with E-state index in [9.17, 15) is 0 Å². The fourth-order valence-corrected chi connectivity index (χ4v) is 2.62. The minimum atomic E-state index is 0.470. The lowest BCUT2D eigenvalue weighted by Crippen LogP contribution is -2.33. The molecule has 0 aromatic heterocycles. The zero-order chi connectivity index (χ0) is 12.3. The Morgan fingerprint density at radius 2 is 1.82 bits per heavy atom. The van der Waals surface area contributed by atoms with Crippen molar-refractivity contribution in [1.82, 2.24) is 5.32 Å². The van der Waals surface area contributed by atoms with Crippen LogP contribution >= 0.6 is 11.6 Å². The van der Waals surface area contributed by atoms with Gasteiger partial charge in [0.25, 0.3) is 0 Å². The van der Waals surface area contributed by atoms with Crippen molar-refractivity contribution >= 4 is 11.6 Å². The lowest BCUT2D eigenvalue weighted by molar-refractivity contribution is 0.383. The summed E-state index contributed by atoms with van der Waals surface area (Å²) in [6.45, 7) is 4.52. The maximum absolute atomic E-state index is 5.93. The van der Waals surface area contributed by atoms with E-state index in [0.717, 1.165) is 17.4 Å². The van der Waals surface area contributed by atoms with Crippen LogP contribution < -0.4 is 5.32 Å². The van der Waals surface area contributed by atoms with Crippen molar-refractivity contribution in [3.8, 4) is 0 Å². The minimum Gasteiger partial charge on any atom is -0.307 e. The Kier molecular flexibility index (Phi) is 4.47. The molecule has 94 valence electrons. The predicted molar refractivity (Wildman–Crippen MR) is 74.4 cm³/mol. The minimum absolute atomic E-state index is 0.470. The van der Waals surface area contributed by atoms with E-state index >= 15 is 0 Å². The molecule has 0 aliphatic heterocycles. The van der Waals surface area contributed by atoms with Crippen LogP contribution in [0.3, 0.4) is 0 Å². The summed E-state index contributed by atoms with van der Waals surface area (Å²) in [6, 6.07) is 9.42. The van der Waals surface area contributed by atoms with Crippen LogP contribution in [0.2, 0.25) is 5.02 Å². The van der Waals surface area contributed by atoms with Gasteiger partial charge < -0.3 is 5.32 Å². The Morgan fingerprint density at radius 3 is 2.29 bits per heavy atom. The molecule has 0 bridgehead atoms. The number of hydrogen-bond donors (Lipinski definition) is 1. The van der Waals surface area contributed by atoms with Gasteiger partial charge in [-0.15, -0.1) is 0 Å². The first-order valence-corrected chi connectivity index (χ1v) is 7.13. The SMILES string of the molecule is CCC(NC(CC)C1CC1)c1ccc(Cl)cc1. The fraction of sp³-hybridized carbons (Fsp3) is 0.600. The molecule has 1 aromatic rings. The molecular formula is C15H22ClN. The smallest absolute Gasteiger partial charge is 0.0406 e. The number of hydrogen-bond acceptors (Lipinski definition) is 1. The van der Waals surface area contributed by atoms with Crippen LogP contribution in [-0.2, 0) is 0 Å². The van der Waals surface area contributed by atoms with Gasteiger partial charge in [-0.3, -0.25) is 0 Å². The summed E-state index contributed by atoms with van der Waals surface area (Å²) in [6.07, 6.45) is 5.17. The third kappa shape index (κ3) is 3.46. The maximum atomic E-state index is 5.93. The molecule has 1 aliphatic carbocycles. The standard InChI is InChI=1S/C15H22ClN/c1-3-14(11-5-6-11)17-15(4-2)12-7-9-13(16)10-8-12/h7-11,14-15,17H,3-6H2,1-2H3. The molecule has 1 aromatic carbocycles. The Balaban J connectivity index is 2.02. The lowest BCUT2D eigenvalue weighted by Gasteiger charge is -2.24. The highest BCUT2D eigenvalue weighted by Gasteiger charge is 2.31. The average Bonchev–Trinajstić information content (AvgIpc) is 3.17. The molecule has 2 rings (SSSR count). The van der Waals surface area contributed by atoms with Crippen LogP contribution in [0.1, 0.15) is 51.1 Å². The lowest BCUT2D eigenvalue weighted by atomic mass is 10.0. The van der Waals surface area contributed by atoms with Crippen LogP contribution in [-0.4, -0.2) is 6.04 Å². The first-order valence-electron chi connectivity index (χ1n) is 6.76. The molecule has 1 aliphatic rings. The van der Waals surface area contributed by atoms with Gasteiger partial charge in [-0.25, -0.2) is 0 Å². The van der Waals surface area contributed by atoms with Crippen molar-refractivity contribution in [2.24, 2.45) is 5.92 Å². The van der Waals surface area contributed by atoms with Crippen LogP contribution in [0.25, 0.3) is 0 Å². The van der Waals surface area contributed by atoms with Gasteiger partial charge in [0.15, 0.2) is 0 Å². The van der Waals surface area contributed by atoms with Gasteiger partial charge in [0.05, 0.1) is 0 Å². The molecule has 1 nitrogen and oxygen atoms in total. The number of nitrogens with one attached hydrogen (secondary N) is 1. The summed E-state index contributed by atoms with van der Waals surface area (Å²) in [7, 11) is 0. The van der Waals surface area contributed by atoms with E-state index in [-0.39, 0.29) is 0 Å². The van der Waals surface area contributed by atoms with Gasteiger partial charge >= 0.3 is 0 Å². The average molecular weight is 252 g/mol. The van der Waals surface area contributed by atoms with Crippen molar-refractivity contribution in [1.29, 1.82) is 0 Å². The van der Waals surface area contributed by atoms with E-state index < -0.39 is 0 Å². The fourth-order valence-electron chi connectivity index (χ4n) is 2.49. The number of rotatable bonds is 6. The predicted octanol–water partition coefficient (Wildman–Crippen LogP) is 4.57. The zero-order valence-electron chi connectivity index (χ0n) is 10.7.